The molecule has 7 heteroatoms. The summed E-state index contributed by atoms with van der Waals surface area (Å²) in [7, 11) is 1.26. The number of rotatable bonds is 7. The van der Waals surface area contributed by atoms with E-state index < -0.39 is 17.8 Å². The third-order valence-electron chi connectivity index (χ3n) is 4.26. The van der Waals surface area contributed by atoms with Crippen molar-refractivity contribution in [1.29, 1.82) is 0 Å². The zero-order valence-corrected chi connectivity index (χ0v) is 16.1. The molecule has 0 aromatic heterocycles. The van der Waals surface area contributed by atoms with Crippen LogP contribution in [0.5, 0.6) is 5.75 Å². The van der Waals surface area contributed by atoms with Crippen LogP contribution in [0.15, 0.2) is 72.8 Å². The van der Waals surface area contributed by atoms with Crippen LogP contribution in [0.4, 0.5) is 5.69 Å². The third-order valence-corrected chi connectivity index (χ3v) is 4.26. The van der Waals surface area contributed by atoms with Gasteiger partial charge in [0.2, 0.25) is 0 Å². The number of amides is 1. The number of carbonyl (C=O) groups excluding carboxylic acids is 2. The Morgan fingerprint density at radius 2 is 1.60 bits per heavy atom. The number of aromatic carboxylic acids is 1. The lowest BCUT2D eigenvalue weighted by Crippen LogP contribution is -2.14. The fourth-order valence-corrected chi connectivity index (χ4v) is 2.72. The summed E-state index contributed by atoms with van der Waals surface area (Å²) in [6.45, 7) is 0.260. The summed E-state index contributed by atoms with van der Waals surface area (Å²) in [6, 6.07) is 19.7. The van der Waals surface area contributed by atoms with Gasteiger partial charge in [0.15, 0.2) is 0 Å². The first-order valence-corrected chi connectivity index (χ1v) is 9.01. The van der Waals surface area contributed by atoms with Crippen LogP contribution in [0.1, 0.15) is 36.6 Å². The van der Waals surface area contributed by atoms with Crippen molar-refractivity contribution in [1.82, 2.24) is 0 Å². The van der Waals surface area contributed by atoms with Gasteiger partial charge in [0.1, 0.15) is 12.4 Å². The highest BCUT2D eigenvalue weighted by molar-refractivity contribution is 6.06. The Labute approximate surface area is 172 Å². The van der Waals surface area contributed by atoms with Crippen LogP contribution in [-0.4, -0.2) is 30.1 Å². The number of carbonyl (C=O) groups is 3. The van der Waals surface area contributed by atoms with Crippen LogP contribution in [0, 0.1) is 0 Å². The van der Waals surface area contributed by atoms with Crippen molar-refractivity contribution in [2.45, 2.75) is 6.61 Å². The smallest absolute Gasteiger partial charge is 0.337 e. The quantitative estimate of drug-likeness (QED) is 0.576. The Morgan fingerprint density at radius 1 is 0.867 bits per heavy atom. The molecule has 152 valence electrons. The minimum Gasteiger partial charge on any atom is -0.487 e. The second-order valence-corrected chi connectivity index (χ2v) is 6.32. The molecule has 3 aromatic carbocycles. The summed E-state index contributed by atoms with van der Waals surface area (Å²) in [5.74, 6) is -1.88. The largest absolute Gasteiger partial charge is 0.487 e. The number of carboxylic acid groups (broad SMARTS) is 1. The van der Waals surface area contributed by atoms with E-state index in [4.69, 9.17) is 14.6 Å². The summed E-state index contributed by atoms with van der Waals surface area (Å²) in [5.41, 5.74) is 1.58. The van der Waals surface area contributed by atoms with Crippen molar-refractivity contribution < 1.29 is 29.0 Å². The lowest BCUT2D eigenvalue weighted by molar-refractivity contribution is 0.0599. The minimum atomic E-state index is -1.13. The molecule has 0 unspecified atom stereocenters. The Bertz CT molecular complexity index is 1080. The van der Waals surface area contributed by atoms with Gasteiger partial charge in [-0.2, -0.15) is 0 Å². The Morgan fingerprint density at radius 3 is 2.30 bits per heavy atom. The molecule has 30 heavy (non-hydrogen) atoms. The molecule has 0 heterocycles. The normalized spacial score (nSPS) is 10.2. The second kappa shape index (κ2) is 9.38. The fraction of sp³-hybridized carbons (Fsp3) is 0.0870. The first kappa shape index (κ1) is 20.6. The van der Waals surface area contributed by atoms with E-state index in [1.807, 2.05) is 30.3 Å². The number of hydrogen-bond donors (Lipinski definition) is 2. The van der Waals surface area contributed by atoms with Crippen molar-refractivity contribution in [3.05, 3.63) is 95.1 Å². The van der Waals surface area contributed by atoms with Gasteiger partial charge in [0, 0.05) is 5.56 Å². The molecule has 0 bridgehead atoms. The number of nitrogens with one attached hydrogen (secondary N) is 1. The number of esters is 1. The lowest BCUT2D eigenvalue weighted by Gasteiger charge is -2.14. The first-order chi connectivity index (χ1) is 14.5. The second-order valence-electron chi connectivity index (χ2n) is 6.32. The minimum absolute atomic E-state index is 0.00786. The Balaban J connectivity index is 1.87. The maximum Gasteiger partial charge on any atom is 0.337 e. The molecule has 0 aliphatic rings. The molecule has 0 aliphatic heterocycles. The fourth-order valence-electron chi connectivity index (χ4n) is 2.72. The zero-order valence-electron chi connectivity index (χ0n) is 16.1. The van der Waals surface area contributed by atoms with Gasteiger partial charge in [0.25, 0.3) is 5.91 Å². The SMILES string of the molecule is COC(=O)c1ccc(OCc2ccccc2)c(NC(=O)c2cccc(C(=O)O)c2)c1. The maximum atomic E-state index is 12.7. The highest BCUT2D eigenvalue weighted by Gasteiger charge is 2.15. The van der Waals surface area contributed by atoms with Crippen molar-refractivity contribution in [2.75, 3.05) is 12.4 Å². The summed E-state index contributed by atoms with van der Waals surface area (Å²) >= 11 is 0. The summed E-state index contributed by atoms with van der Waals surface area (Å²) in [5, 5.41) is 11.8. The van der Waals surface area contributed by atoms with E-state index in [1.54, 1.807) is 6.07 Å². The van der Waals surface area contributed by atoms with E-state index >= 15 is 0 Å². The maximum absolute atomic E-state index is 12.7. The molecule has 0 fully saturated rings. The zero-order chi connectivity index (χ0) is 21.5. The van der Waals surface area contributed by atoms with E-state index in [0.717, 1.165) is 5.56 Å². The predicted octanol–water partition coefficient (Wildman–Crippen LogP) is 4.00. The number of hydrogen-bond acceptors (Lipinski definition) is 5. The third kappa shape index (κ3) is 5.02. The van der Waals surface area contributed by atoms with E-state index in [2.05, 4.69) is 5.32 Å². The van der Waals surface area contributed by atoms with Crippen molar-refractivity contribution in [3.63, 3.8) is 0 Å². The van der Waals surface area contributed by atoms with Crippen LogP contribution < -0.4 is 10.1 Å². The predicted molar refractivity (Wildman–Crippen MR) is 110 cm³/mol. The molecule has 0 spiro atoms. The molecule has 7 nitrogen and oxygen atoms in total. The monoisotopic (exact) mass is 405 g/mol. The number of methoxy groups -OCH3 is 1. The molecule has 0 aliphatic carbocycles. The summed E-state index contributed by atoms with van der Waals surface area (Å²) in [4.78, 5) is 35.7. The highest BCUT2D eigenvalue weighted by Crippen LogP contribution is 2.28. The molecular formula is C23H19NO6. The van der Waals surface area contributed by atoms with Gasteiger partial charge in [-0.1, -0.05) is 36.4 Å². The first-order valence-electron chi connectivity index (χ1n) is 9.01. The van der Waals surface area contributed by atoms with E-state index in [0.29, 0.717) is 5.75 Å². The van der Waals surface area contributed by atoms with Gasteiger partial charge in [-0.25, -0.2) is 9.59 Å². The molecule has 2 N–H and O–H groups in total. The van der Waals surface area contributed by atoms with E-state index in [1.165, 1.54) is 43.5 Å². The Hall–Kier alpha value is -4.13. The van der Waals surface area contributed by atoms with E-state index in [9.17, 15) is 14.4 Å². The molecule has 3 rings (SSSR count). The van der Waals surface area contributed by atoms with Crippen LogP contribution in [-0.2, 0) is 11.3 Å². The average molecular weight is 405 g/mol. The standard InChI is InChI=1S/C23H19NO6/c1-29-23(28)18-10-11-20(30-14-15-6-3-2-4-7-15)19(13-18)24-21(25)16-8-5-9-17(12-16)22(26)27/h2-13H,14H2,1H3,(H,24,25)(H,26,27). The lowest BCUT2D eigenvalue weighted by atomic mass is 10.1. The van der Waals surface area contributed by atoms with Crippen molar-refractivity contribution >= 4 is 23.5 Å². The topological polar surface area (TPSA) is 102 Å². The average Bonchev–Trinajstić information content (AvgIpc) is 2.78. The molecule has 0 atom stereocenters. The molecule has 0 radical (unpaired) electrons. The van der Waals surface area contributed by atoms with Crippen LogP contribution in [0.2, 0.25) is 0 Å². The summed E-state index contributed by atoms with van der Waals surface area (Å²) in [6.07, 6.45) is 0. The van der Waals surface area contributed by atoms with Crippen molar-refractivity contribution in [2.24, 2.45) is 0 Å². The van der Waals surface area contributed by atoms with Gasteiger partial charge < -0.3 is 19.9 Å². The molecule has 3 aromatic rings. The van der Waals surface area contributed by atoms with E-state index in [-0.39, 0.29) is 29.0 Å². The van der Waals surface area contributed by atoms with Gasteiger partial charge in [-0.3, -0.25) is 4.79 Å². The van der Waals surface area contributed by atoms with Gasteiger partial charge >= 0.3 is 11.9 Å². The summed E-state index contributed by atoms with van der Waals surface area (Å²) < 4.78 is 10.6. The number of benzene rings is 3. The molecule has 0 saturated carbocycles. The van der Waals surface area contributed by atoms with Gasteiger partial charge in [0.05, 0.1) is 23.9 Å². The molecule has 0 saturated heterocycles. The van der Waals surface area contributed by atoms with Gasteiger partial charge in [-0.15, -0.1) is 0 Å². The van der Waals surface area contributed by atoms with Crippen LogP contribution in [0.3, 0.4) is 0 Å². The Kier molecular flexibility index (Phi) is 6.44. The molecular weight excluding hydrogens is 386 g/mol. The van der Waals surface area contributed by atoms with Crippen LogP contribution in [0.25, 0.3) is 0 Å². The van der Waals surface area contributed by atoms with Gasteiger partial charge in [-0.05, 0) is 42.0 Å². The molecule has 1 amide bonds. The number of anilines is 1. The van der Waals surface area contributed by atoms with Crippen LogP contribution >= 0.6 is 0 Å². The number of carboxylic acids is 1. The van der Waals surface area contributed by atoms with Crippen molar-refractivity contribution in [3.8, 4) is 5.75 Å². The highest BCUT2D eigenvalue weighted by atomic mass is 16.5. The number of ether oxygens (including phenoxy) is 2.